The summed E-state index contributed by atoms with van der Waals surface area (Å²) in [6.45, 7) is 6.00. The Balaban J connectivity index is 3.19. The molecule has 1 rings (SSSR count). The lowest BCUT2D eigenvalue weighted by atomic mass is 10.1. The van der Waals surface area contributed by atoms with Crippen LogP contribution in [0.4, 0.5) is 11.4 Å². The van der Waals surface area contributed by atoms with Gasteiger partial charge in [-0.3, -0.25) is 0 Å². The van der Waals surface area contributed by atoms with Crippen LogP contribution in [0.15, 0.2) is 18.2 Å². The maximum Gasteiger partial charge on any atom is 0.340 e. The summed E-state index contributed by atoms with van der Waals surface area (Å²) in [5.74, 6) is -0.390. The van der Waals surface area contributed by atoms with Crippen molar-refractivity contribution in [3.8, 4) is 0 Å². The van der Waals surface area contributed by atoms with E-state index in [2.05, 4.69) is 5.32 Å². The Hall–Kier alpha value is -1.71. The second-order valence-corrected chi connectivity index (χ2v) is 4.64. The summed E-state index contributed by atoms with van der Waals surface area (Å²) in [5, 5.41) is 3.21. The van der Waals surface area contributed by atoms with E-state index in [9.17, 15) is 4.79 Å². The third-order valence-electron chi connectivity index (χ3n) is 2.00. The van der Waals surface area contributed by atoms with Crippen molar-refractivity contribution in [3.63, 3.8) is 0 Å². The van der Waals surface area contributed by atoms with Crippen molar-refractivity contribution in [1.29, 1.82) is 0 Å². The van der Waals surface area contributed by atoms with Crippen molar-refractivity contribution in [3.05, 3.63) is 23.8 Å². The number of methoxy groups -OCH3 is 1. The first kappa shape index (κ1) is 12.4. The van der Waals surface area contributed by atoms with Crippen LogP contribution in [0.2, 0.25) is 0 Å². The fourth-order valence-corrected chi connectivity index (χ4v) is 1.36. The summed E-state index contributed by atoms with van der Waals surface area (Å²) >= 11 is 0. The van der Waals surface area contributed by atoms with E-state index < -0.39 is 0 Å². The van der Waals surface area contributed by atoms with Gasteiger partial charge in [-0.15, -0.1) is 0 Å². The van der Waals surface area contributed by atoms with Crippen molar-refractivity contribution >= 4 is 17.3 Å². The molecule has 88 valence electrons. The lowest BCUT2D eigenvalue weighted by Gasteiger charge is -2.24. The topological polar surface area (TPSA) is 64.3 Å². The van der Waals surface area contributed by atoms with E-state index in [0.717, 1.165) is 0 Å². The van der Waals surface area contributed by atoms with Crippen LogP contribution in [0, 0.1) is 0 Å². The van der Waals surface area contributed by atoms with Crippen LogP contribution in [0.25, 0.3) is 0 Å². The van der Waals surface area contributed by atoms with Crippen LogP contribution < -0.4 is 11.1 Å². The van der Waals surface area contributed by atoms with E-state index in [4.69, 9.17) is 10.5 Å². The van der Waals surface area contributed by atoms with Gasteiger partial charge in [0.2, 0.25) is 0 Å². The molecular weight excluding hydrogens is 204 g/mol. The molecule has 0 aromatic heterocycles. The molecule has 0 spiro atoms. The first-order valence-corrected chi connectivity index (χ1v) is 5.10. The third-order valence-corrected chi connectivity index (χ3v) is 2.00. The molecule has 0 aliphatic carbocycles. The molecule has 0 aliphatic rings. The quantitative estimate of drug-likeness (QED) is 0.595. The average molecular weight is 222 g/mol. The first-order valence-electron chi connectivity index (χ1n) is 5.10. The zero-order valence-electron chi connectivity index (χ0n) is 10.1. The lowest BCUT2D eigenvalue weighted by Crippen LogP contribution is -2.28. The number of carbonyl (C=O) groups is 1. The average Bonchev–Trinajstić information content (AvgIpc) is 2.18. The number of nitrogens with one attached hydrogen (secondary N) is 1. The second kappa shape index (κ2) is 4.43. The van der Waals surface area contributed by atoms with Crippen molar-refractivity contribution in [2.24, 2.45) is 0 Å². The standard InChI is InChI=1S/C12H18N2O2/c1-12(2,3)14-10-8(11(15)16-4)6-5-7-9(10)13/h5-7,14H,13H2,1-4H3. The zero-order chi connectivity index (χ0) is 12.3. The van der Waals surface area contributed by atoms with Crippen LogP contribution >= 0.6 is 0 Å². The summed E-state index contributed by atoms with van der Waals surface area (Å²) in [6, 6.07) is 5.17. The number of ether oxygens (including phenoxy) is 1. The maximum atomic E-state index is 11.6. The predicted molar refractivity (Wildman–Crippen MR) is 65.6 cm³/mol. The Morgan fingerprint density at radius 3 is 2.50 bits per heavy atom. The van der Waals surface area contributed by atoms with Gasteiger partial charge in [0.05, 0.1) is 24.0 Å². The van der Waals surface area contributed by atoms with Crippen molar-refractivity contribution in [2.75, 3.05) is 18.2 Å². The minimum absolute atomic E-state index is 0.168. The molecule has 0 amide bonds. The molecule has 1 aromatic carbocycles. The number of para-hydroxylation sites is 1. The minimum atomic E-state index is -0.390. The van der Waals surface area contributed by atoms with Gasteiger partial charge in [0, 0.05) is 5.54 Å². The number of hydrogen-bond donors (Lipinski definition) is 2. The number of benzene rings is 1. The van der Waals surface area contributed by atoms with Crippen LogP contribution in [0.3, 0.4) is 0 Å². The predicted octanol–water partition coefficient (Wildman–Crippen LogP) is 2.27. The highest BCUT2D eigenvalue weighted by molar-refractivity contribution is 5.98. The number of rotatable bonds is 2. The first-order chi connectivity index (χ1) is 7.35. The summed E-state index contributed by atoms with van der Waals surface area (Å²) in [4.78, 5) is 11.6. The molecule has 4 heteroatoms. The molecule has 0 heterocycles. The van der Waals surface area contributed by atoms with Crippen LogP contribution in [0.1, 0.15) is 31.1 Å². The van der Waals surface area contributed by atoms with E-state index >= 15 is 0 Å². The van der Waals surface area contributed by atoms with Gasteiger partial charge in [-0.05, 0) is 32.9 Å². The molecular formula is C12H18N2O2. The Morgan fingerprint density at radius 2 is 2.00 bits per heavy atom. The molecule has 0 aliphatic heterocycles. The molecule has 4 nitrogen and oxygen atoms in total. The Kier molecular flexibility index (Phi) is 3.42. The van der Waals surface area contributed by atoms with Gasteiger partial charge in [-0.25, -0.2) is 4.79 Å². The molecule has 0 saturated heterocycles. The molecule has 1 aromatic rings. The Labute approximate surface area is 95.8 Å². The number of nitrogen functional groups attached to an aromatic ring is 1. The molecule has 0 fully saturated rings. The number of nitrogens with two attached hydrogens (primary N) is 1. The maximum absolute atomic E-state index is 11.6. The Bertz CT molecular complexity index is 394. The fourth-order valence-electron chi connectivity index (χ4n) is 1.36. The van der Waals surface area contributed by atoms with Gasteiger partial charge < -0.3 is 15.8 Å². The highest BCUT2D eigenvalue weighted by Gasteiger charge is 2.18. The summed E-state index contributed by atoms with van der Waals surface area (Å²) < 4.78 is 4.71. The summed E-state index contributed by atoms with van der Waals surface area (Å²) in [5.41, 5.74) is 7.30. The highest BCUT2D eigenvalue weighted by atomic mass is 16.5. The molecule has 3 N–H and O–H groups in total. The van der Waals surface area contributed by atoms with E-state index in [1.165, 1.54) is 7.11 Å². The third kappa shape index (κ3) is 2.89. The molecule has 0 bridgehead atoms. The second-order valence-electron chi connectivity index (χ2n) is 4.64. The molecule has 16 heavy (non-hydrogen) atoms. The van der Waals surface area contributed by atoms with Crippen LogP contribution in [-0.4, -0.2) is 18.6 Å². The van der Waals surface area contributed by atoms with Gasteiger partial charge >= 0.3 is 5.97 Å². The van der Waals surface area contributed by atoms with E-state index in [0.29, 0.717) is 16.9 Å². The number of anilines is 2. The minimum Gasteiger partial charge on any atom is -0.465 e. The lowest BCUT2D eigenvalue weighted by molar-refractivity contribution is 0.0602. The van der Waals surface area contributed by atoms with Crippen LogP contribution in [0.5, 0.6) is 0 Å². The van der Waals surface area contributed by atoms with Crippen molar-refractivity contribution < 1.29 is 9.53 Å². The van der Waals surface area contributed by atoms with Crippen LogP contribution in [-0.2, 0) is 4.74 Å². The van der Waals surface area contributed by atoms with Gasteiger partial charge in [-0.1, -0.05) is 6.07 Å². The summed E-state index contributed by atoms with van der Waals surface area (Å²) in [7, 11) is 1.35. The van der Waals surface area contributed by atoms with E-state index in [-0.39, 0.29) is 11.5 Å². The fraction of sp³-hybridized carbons (Fsp3) is 0.417. The molecule has 0 radical (unpaired) electrons. The zero-order valence-corrected chi connectivity index (χ0v) is 10.1. The number of hydrogen-bond acceptors (Lipinski definition) is 4. The number of esters is 1. The van der Waals surface area contributed by atoms with E-state index in [1.54, 1.807) is 18.2 Å². The van der Waals surface area contributed by atoms with Gasteiger partial charge in [0.25, 0.3) is 0 Å². The Morgan fingerprint density at radius 1 is 1.38 bits per heavy atom. The monoisotopic (exact) mass is 222 g/mol. The largest absolute Gasteiger partial charge is 0.465 e. The normalized spacial score (nSPS) is 11.0. The molecule has 0 unspecified atom stereocenters. The smallest absolute Gasteiger partial charge is 0.340 e. The molecule has 0 atom stereocenters. The molecule has 0 saturated carbocycles. The van der Waals surface area contributed by atoms with Crippen molar-refractivity contribution in [2.45, 2.75) is 26.3 Å². The van der Waals surface area contributed by atoms with Gasteiger partial charge in [-0.2, -0.15) is 0 Å². The van der Waals surface area contributed by atoms with E-state index in [1.807, 2.05) is 20.8 Å². The van der Waals surface area contributed by atoms with Gasteiger partial charge in [0.15, 0.2) is 0 Å². The van der Waals surface area contributed by atoms with Gasteiger partial charge in [0.1, 0.15) is 0 Å². The highest BCUT2D eigenvalue weighted by Crippen LogP contribution is 2.27. The van der Waals surface area contributed by atoms with Crippen molar-refractivity contribution in [1.82, 2.24) is 0 Å². The SMILES string of the molecule is COC(=O)c1cccc(N)c1NC(C)(C)C. The summed E-state index contributed by atoms with van der Waals surface area (Å²) in [6.07, 6.45) is 0. The number of carbonyl (C=O) groups excluding carboxylic acids is 1.